The fourth-order valence-electron chi connectivity index (χ4n) is 2.90. The Kier molecular flexibility index (Phi) is 3.69. The van der Waals surface area contributed by atoms with E-state index < -0.39 is 0 Å². The highest BCUT2D eigenvalue weighted by molar-refractivity contribution is 5.71. The van der Waals surface area contributed by atoms with Gasteiger partial charge in [0.25, 0.3) is 0 Å². The van der Waals surface area contributed by atoms with Crippen molar-refractivity contribution in [1.82, 2.24) is 0 Å². The van der Waals surface area contributed by atoms with E-state index in [9.17, 15) is 9.59 Å². The summed E-state index contributed by atoms with van der Waals surface area (Å²) in [6.07, 6.45) is 2.87. The second kappa shape index (κ2) is 5.07. The lowest BCUT2D eigenvalue weighted by molar-refractivity contribution is -0.160. The first kappa shape index (κ1) is 12.4. The standard InChI is InChI=1S/C13H20O4/c1-8-5-11(6-13(15)17-8)9(2)10-3-4-12(14)16-7-10/h8-11H,3-7H2,1-2H3/t8?,9?,10?,11-/m1/s1. The van der Waals surface area contributed by atoms with Crippen molar-refractivity contribution in [3.63, 3.8) is 0 Å². The highest BCUT2D eigenvalue weighted by atomic mass is 16.5. The maximum atomic E-state index is 11.4. The molecule has 2 rings (SSSR count). The second-order valence-electron chi connectivity index (χ2n) is 5.34. The van der Waals surface area contributed by atoms with Crippen LogP contribution in [0.3, 0.4) is 0 Å². The number of carbonyl (C=O) groups is 2. The minimum absolute atomic E-state index is 0.0230. The average Bonchev–Trinajstić information content (AvgIpc) is 2.28. The predicted molar refractivity (Wildman–Crippen MR) is 61.1 cm³/mol. The number of carbonyl (C=O) groups excluding carboxylic acids is 2. The Morgan fingerprint density at radius 2 is 2.00 bits per heavy atom. The van der Waals surface area contributed by atoms with Crippen LogP contribution in [0.4, 0.5) is 0 Å². The molecule has 2 aliphatic rings. The van der Waals surface area contributed by atoms with Gasteiger partial charge < -0.3 is 9.47 Å². The fraction of sp³-hybridized carbons (Fsp3) is 0.846. The molecule has 0 aromatic rings. The molecule has 0 N–H and O–H groups in total. The maximum absolute atomic E-state index is 11.4. The number of esters is 2. The van der Waals surface area contributed by atoms with Gasteiger partial charge in [-0.25, -0.2) is 0 Å². The molecular formula is C13H20O4. The van der Waals surface area contributed by atoms with Crippen LogP contribution in [0.25, 0.3) is 0 Å². The molecule has 0 bridgehead atoms. The Morgan fingerprint density at radius 1 is 1.24 bits per heavy atom. The Labute approximate surface area is 102 Å². The van der Waals surface area contributed by atoms with Crippen molar-refractivity contribution >= 4 is 11.9 Å². The molecule has 4 heteroatoms. The Morgan fingerprint density at radius 3 is 2.59 bits per heavy atom. The van der Waals surface area contributed by atoms with Gasteiger partial charge in [0.2, 0.25) is 0 Å². The summed E-state index contributed by atoms with van der Waals surface area (Å²) in [5.41, 5.74) is 0. The van der Waals surface area contributed by atoms with E-state index in [0.717, 1.165) is 12.8 Å². The van der Waals surface area contributed by atoms with E-state index in [4.69, 9.17) is 9.47 Å². The topological polar surface area (TPSA) is 52.6 Å². The van der Waals surface area contributed by atoms with Gasteiger partial charge in [0.15, 0.2) is 0 Å². The third-order valence-corrected chi connectivity index (χ3v) is 4.06. The molecule has 2 saturated heterocycles. The summed E-state index contributed by atoms with van der Waals surface area (Å²) < 4.78 is 10.2. The van der Waals surface area contributed by atoms with E-state index in [1.165, 1.54) is 0 Å². The zero-order chi connectivity index (χ0) is 12.4. The molecule has 0 aromatic carbocycles. The first-order chi connectivity index (χ1) is 8.06. The van der Waals surface area contributed by atoms with Crippen LogP contribution < -0.4 is 0 Å². The maximum Gasteiger partial charge on any atom is 0.306 e. The molecule has 2 heterocycles. The molecule has 0 aromatic heterocycles. The average molecular weight is 240 g/mol. The molecule has 0 saturated carbocycles. The van der Waals surface area contributed by atoms with Gasteiger partial charge >= 0.3 is 11.9 Å². The monoisotopic (exact) mass is 240 g/mol. The van der Waals surface area contributed by atoms with E-state index in [-0.39, 0.29) is 18.0 Å². The lowest BCUT2D eigenvalue weighted by Crippen LogP contribution is -2.36. The number of ether oxygens (including phenoxy) is 2. The van der Waals surface area contributed by atoms with E-state index in [2.05, 4.69) is 6.92 Å². The smallest absolute Gasteiger partial charge is 0.306 e. The van der Waals surface area contributed by atoms with Crippen molar-refractivity contribution in [2.24, 2.45) is 17.8 Å². The molecule has 3 unspecified atom stereocenters. The van der Waals surface area contributed by atoms with Gasteiger partial charge in [-0.05, 0) is 37.5 Å². The molecule has 4 atom stereocenters. The van der Waals surface area contributed by atoms with Gasteiger partial charge in [0.05, 0.1) is 12.7 Å². The van der Waals surface area contributed by atoms with Crippen LogP contribution in [0.1, 0.15) is 39.5 Å². The Hall–Kier alpha value is -1.06. The van der Waals surface area contributed by atoms with Gasteiger partial charge in [0.1, 0.15) is 0 Å². The second-order valence-corrected chi connectivity index (χ2v) is 5.34. The number of rotatable bonds is 2. The van der Waals surface area contributed by atoms with Gasteiger partial charge in [-0.1, -0.05) is 6.92 Å². The minimum Gasteiger partial charge on any atom is -0.465 e. The minimum atomic E-state index is -0.0927. The van der Waals surface area contributed by atoms with Crippen LogP contribution in [-0.4, -0.2) is 24.6 Å². The Balaban J connectivity index is 1.92. The molecular weight excluding hydrogens is 220 g/mol. The molecule has 4 nitrogen and oxygen atoms in total. The van der Waals surface area contributed by atoms with Crippen LogP contribution in [0.15, 0.2) is 0 Å². The summed E-state index contributed by atoms with van der Waals surface area (Å²) in [5, 5.41) is 0. The summed E-state index contributed by atoms with van der Waals surface area (Å²) >= 11 is 0. The fourth-order valence-corrected chi connectivity index (χ4v) is 2.90. The molecule has 2 fully saturated rings. The molecule has 0 spiro atoms. The van der Waals surface area contributed by atoms with Crippen LogP contribution in [0.5, 0.6) is 0 Å². The van der Waals surface area contributed by atoms with Crippen molar-refractivity contribution < 1.29 is 19.1 Å². The molecule has 17 heavy (non-hydrogen) atoms. The summed E-state index contributed by atoms with van der Waals surface area (Å²) in [7, 11) is 0. The molecule has 0 aliphatic carbocycles. The van der Waals surface area contributed by atoms with Crippen molar-refractivity contribution in [3.8, 4) is 0 Å². The first-order valence-electron chi connectivity index (χ1n) is 6.41. The first-order valence-corrected chi connectivity index (χ1v) is 6.41. The summed E-state index contributed by atoms with van der Waals surface area (Å²) in [6, 6.07) is 0. The molecule has 0 radical (unpaired) electrons. The Bertz CT molecular complexity index is 303. The van der Waals surface area contributed by atoms with E-state index in [0.29, 0.717) is 37.2 Å². The molecule has 96 valence electrons. The van der Waals surface area contributed by atoms with Gasteiger partial charge in [-0.15, -0.1) is 0 Å². The quantitative estimate of drug-likeness (QED) is 0.692. The van der Waals surface area contributed by atoms with Crippen LogP contribution in [0, 0.1) is 17.8 Å². The van der Waals surface area contributed by atoms with E-state index in [1.807, 2.05) is 6.92 Å². The lowest BCUT2D eigenvalue weighted by Gasteiger charge is -2.36. The highest BCUT2D eigenvalue weighted by Crippen LogP contribution is 2.35. The van der Waals surface area contributed by atoms with Gasteiger partial charge in [-0.2, -0.15) is 0 Å². The highest BCUT2D eigenvalue weighted by Gasteiger charge is 2.35. The normalized spacial score (nSPS) is 36.0. The predicted octanol–water partition coefficient (Wildman–Crippen LogP) is 1.92. The third-order valence-electron chi connectivity index (χ3n) is 4.06. The molecule has 2 aliphatic heterocycles. The number of cyclic esters (lactones) is 2. The SMILES string of the molecule is CC1C[C@@H](C(C)C2CCC(=O)OC2)CC(=O)O1. The summed E-state index contributed by atoms with van der Waals surface area (Å²) in [5.74, 6) is 1.00. The van der Waals surface area contributed by atoms with Crippen LogP contribution in [-0.2, 0) is 19.1 Å². The van der Waals surface area contributed by atoms with E-state index in [1.54, 1.807) is 0 Å². The third kappa shape index (κ3) is 2.99. The zero-order valence-corrected chi connectivity index (χ0v) is 10.5. The lowest BCUT2D eigenvalue weighted by atomic mass is 9.75. The van der Waals surface area contributed by atoms with Crippen LogP contribution in [0.2, 0.25) is 0 Å². The number of hydrogen-bond donors (Lipinski definition) is 0. The van der Waals surface area contributed by atoms with Gasteiger partial charge in [-0.3, -0.25) is 9.59 Å². The zero-order valence-electron chi connectivity index (χ0n) is 10.5. The molecule has 0 amide bonds. The summed E-state index contributed by atoms with van der Waals surface area (Å²) in [6.45, 7) is 4.62. The van der Waals surface area contributed by atoms with Crippen molar-refractivity contribution in [2.45, 2.75) is 45.6 Å². The van der Waals surface area contributed by atoms with Crippen molar-refractivity contribution in [3.05, 3.63) is 0 Å². The summed E-state index contributed by atoms with van der Waals surface area (Å²) in [4.78, 5) is 22.4. The van der Waals surface area contributed by atoms with Crippen molar-refractivity contribution in [1.29, 1.82) is 0 Å². The number of hydrogen-bond acceptors (Lipinski definition) is 4. The largest absolute Gasteiger partial charge is 0.465 e. The van der Waals surface area contributed by atoms with Gasteiger partial charge in [0, 0.05) is 12.8 Å². The van der Waals surface area contributed by atoms with Crippen molar-refractivity contribution in [2.75, 3.05) is 6.61 Å². The van der Waals surface area contributed by atoms with Crippen LogP contribution >= 0.6 is 0 Å². The van der Waals surface area contributed by atoms with E-state index >= 15 is 0 Å².